The predicted octanol–water partition coefficient (Wildman–Crippen LogP) is 2.08. The van der Waals surface area contributed by atoms with Crippen LogP contribution in [-0.2, 0) is 5.60 Å². The summed E-state index contributed by atoms with van der Waals surface area (Å²) in [6, 6.07) is 8.09. The van der Waals surface area contributed by atoms with Gasteiger partial charge in [-0.3, -0.25) is 0 Å². The molecular weight excluding hydrogens is 174 g/mol. The van der Waals surface area contributed by atoms with Crippen LogP contribution in [0.15, 0.2) is 24.3 Å². The number of hydrogen-bond donors (Lipinski definition) is 2. The number of benzene rings is 1. The summed E-state index contributed by atoms with van der Waals surface area (Å²) in [5.74, 6) is 0. The van der Waals surface area contributed by atoms with Gasteiger partial charge in [0.15, 0.2) is 0 Å². The molecule has 0 saturated heterocycles. The van der Waals surface area contributed by atoms with E-state index in [0.29, 0.717) is 0 Å². The zero-order valence-electron chi connectivity index (χ0n) is 8.53. The Morgan fingerprint density at radius 1 is 1.29 bits per heavy atom. The van der Waals surface area contributed by atoms with E-state index in [1.165, 1.54) is 0 Å². The number of aliphatic hydroxyl groups is 1. The Balaban J connectivity index is 2.21. The minimum absolute atomic E-state index is 0.0695. The molecule has 1 atom stereocenters. The highest BCUT2D eigenvalue weighted by Gasteiger charge is 2.35. The molecule has 0 amide bonds. The van der Waals surface area contributed by atoms with Crippen LogP contribution in [0.4, 0.5) is 0 Å². The van der Waals surface area contributed by atoms with E-state index in [9.17, 15) is 5.11 Å². The minimum atomic E-state index is -0.545. The summed E-state index contributed by atoms with van der Waals surface area (Å²) in [6.45, 7) is 1.97. The third-order valence-electron chi connectivity index (χ3n) is 3.15. The van der Waals surface area contributed by atoms with Crippen LogP contribution in [0.2, 0.25) is 0 Å². The highest BCUT2D eigenvalue weighted by atomic mass is 16.3. The molecule has 1 fully saturated rings. The van der Waals surface area contributed by atoms with Crippen LogP contribution in [0.1, 0.15) is 43.4 Å². The second kappa shape index (κ2) is 3.37. The molecular formula is C12H17NO. The Morgan fingerprint density at radius 2 is 1.86 bits per heavy atom. The highest BCUT2D eigenvalue weighted by Crippen LogP contribution is 2.40. The van der Waals surface area contributed by atoms with Gasteiger partial charge in [0.05, 0.1) is 5.60 Å². The van der Waals surface area contributed by atoms with E-state index in [-0.39, 0.29) is 6.04 Å². The molecule has 0 radical (unpaired) electrons. The van der Waals surface area contributed by atoms with Crippen molar-refractivity contribution in [3.63, 3.8) is 0 Å². The lowest BCUT2D eigenvalue weighted by Gasteiger charge is -2.37. The summed E-state index contributed by atoms with van der Waals surface area (Å²) in [5, 5.41) is 10.1. The van der Waals surface area contributed by atoms with E-state index in [1.54, 1.807) is 0 Å². The zero-order valence-corrected chi connectivity index (χ0v) is 8.53. The van der Waals surface area contributed by atoms with Crippen molar-refractivity contribution in [1.82, 2.24) is 0 Å². The van der Waals surface area contributed by atoms with Crippen molar-refractivity contribution in [2.75, 3.05) is 0 Å². The molecule has 0 spiro atoms. The van der Waals surface area contributed by atoms with Gasteiger partial charge < -0.3 is 10.8 Å². The van der Waals surface area contributed by atoms with Gasteiger partial charge in [-0.2, -0.15) is 0 Å². The standard InChI is InChI=1S/C12H17NO/c1-9(13)10-3-5-11(6-4-10)12(14)7-2-8-12/h3-6,9,14H,2,7-8,13H2,1H3. The molecule has 2 heteroatoms. The van der Waals surface area contributed by atoms with Gasteiger partial charge in [0, 0.05) is 6.04 Å². The summed E-state index contributed by atoms with van der Waals surface area (Å²) >= 11 is 0. The van der Waals surface area contributed by atoms with Crippen molar-refractivity contribution in [2.24, 2.45) is 5.73 Å². The molecule has 0 aliphatic heterocycles. The normalized spacial score (nSPS) is 21.4. The fourth-order valence-electron chi connectivity index (χ4n) is 1.90. The first-order chi connectivity index (χ1) is 6.62. The first-order valence-electron chi connectivity index (χ1n) is 5.20. The Hall–Kier alpha value is -0.860. The minimum Gasteiger partial charge on any atom is -0.385 e. The largest absolute Gasteiger partial charge is 0.385 e. The SMILES string of the molecule is CC(N)c1ccc(C2(O)CCC2)cc1. The van der Waals surface area contributed by atoms with Crippen LogP contribution in [0.3, 0.4) is 0 Å². The first-order valence-corrected chi connectivity index (χ1v) is 5.20. The second-order valence-electron chi connectivity index (χ2n) is 4.30. The third-order valence-corrected chi connectivity index (χ3v) is 3.15. The average Bonchev–Trinajstić information content (AvgIpc) is 2.14. The predicted molar refractivity (Wildman–Crippen MR) is 56.8 cm³/mol. The summed E-state index contributed by atoms with van der Waals surface area (Å²) < 4.78 is 0. The van der Waals surface area contributed by atoms with Gasteiger partial charge in [0.2, 0.25) is 0 Å². The van der Waals surface area contributed by atoms with E-state index in [1.807, 2.05) is 31.2 Å². The lowest BCUT2D eigenvalue weighted by molar-refractivity contribution is -0.0388. The van der Waals surface area contributed by atoms with Gasteiger partial charge in [0.1, 0.15) is 0 Å². The Labute approximate surface area is 84.7 Å². The maximum absolute atomic E-state index is 10.1. The molecule has 0 heterocycles. The van der Waals surface area contributed by atoms with Gasteiger partial charge in [-0.25, -0.2) is 0 Å². The number of rotatable bonds is 2. The van der Waals surface area contributed by atoms with Gasteiger partial charge in [-0.1, -0.05) is 24.3 Å². The summed E-state index contributed by atoms with van der Waals surface area (Å²) in [4.78, 5) is 0. The van der Waals surface area contributed by atoms with Crippen LogP contribution in [0.25, 0.3) is 0 Å². The Morgan fingerprint density at radius 3 is 2.21 bits per heavy atom. The fraction of sp³-hybridized carbons (Fsp3) is 0.500. The third kappa shape index (κ3) is 1.56. The molecule has 1 saturated carbocycles. The van der Waals surface area contributed by atoms with Crippen LogP contribution in [0.5, 0.6) is 0 Å². The van der Waals surface area contributed by atoms with Crippen LogP contribution in [0, 0.1) is 0 Å². The molecule has 76 valence electrons. The topological polar surface area (TPSA) is 46.2 Å². The molecule has 3 N–H and O–H groups in total. The molecule has 1 aromatic carbocycles. The summed E-state index contributed by atoms with van der Waals surface area (Å²) in [7, 11) is 0. The molecule has 1 unspecified atom stereocenters. The quantitative estimate of drug-likeness (QED) is 0.751. The Bertz CT molecular complexity index is 312. The van der Waals surface area contributed by atoms with Crippen LogP contribution < -0.4 is 5.73 Å². The van der Waals surface area contributed by atoms with Gasteiger partial charge in [0.25, 0.3) is 0 Å². The van der Waals surface area contributed by atoms with E-state index in [0.717, 1.165) is 30.4 Å². The molecule has 1 aliphatic rings. The number of hydrogen-bond acceptors (Lipinski definition) is 2. The molecule has 2 rings (SSSR count). The van der Waals surface area contributed by atoms with E-state index < -0.39 is 5.60 Å². The second-order valence-corrected chi connectivity index (χ2v) is 4.30. The van der Waals surface area contributed by atoms with Crippen LogP contribution >= 0.6 is 0 Å². The first kappa shape index (κ1) is 9.69. The molecule has 0 aromatic heterocycles. The molecule has 1 aromatic rings. The van der Waals surface area contributed by atoms with Crippen molar-refractivity contribution in [3.8, 4) is 0 Å². The number of nitrogens with two attached hydrogens (primary N) is 1. The summed E-state index contributed by atoms with van der Waals surface area (Å²) in [5.41, 5.74) is 7.37. The maximum atomic E-state index is 10.1. The molecule has 14 heavy (non-hydrogen) atoms. The summed E-state index contributed by atoms with van der Waals surface area (Å²) in [6.07, 6.45) is 2.92. The lowest BCUT2D eigenvalue weighted by atomic mass is 9.75. The van der Waals surface area contributed by atoms with Crippen molar-refractivity contribution >= 4 is 0 Å². The smallest absolute Gasteiger partial charge is 0.0896 e. The van der Waals surface area contributed by atoms with E-state index in [2.05, 4.69) is 0 Å². The lowest BCUT2D eigenvalue weighted by Crippen LogP contribution is -2.33. The van der Waals surface area contributed by atoms with Crippen LogP contribution in [-0.4, -0.2) is 5.11 Å². The van der Waals surface area contributed by atoms with Gasteiger partial charge in [-0.05, 0) is 37.3 Å². The van der Waals surface area contributed by atoms with Gasteiger partial charge in [-0.15, -0.1) is 0 Å². The van der Waals surface area contributed by atoms with Crippen molar-refractivity contribution in [1.29, 1.82) is 0 Å². The van der Waals surface area contributed by atoms with Crippen molar-refractivity contribution < 1.29 is 5.11 Å². The van der Waals surface area contributed by atoms with Gasteiger partial charge >= 0.3 is 0 Å². The molecule has 2 nitrogen and oxygen atoms in total. The average molecular weight is 191 g/mol. The van der Waals surface area contributed by atoms with Crippen molar-refractivity contribution in [2.45, 2.75) is 37.8 Å². The fourth-order valence-corrected chi connectivity index (χ4v) is 1.90. The maximum Gasteiger partial charge on any atom is 0.0896 e. The van der Waals surface area contributed by atoms with E-state index in [4.69, 9.17) is 5.73 Å². The Kier molecular flexibility index (Phi) is 2.33. The molecule has 1 aliphatic carbocycles. The van der Waals surface area contributed by atoms with E-state index >= 15 is 0 Å². The molecule has 0 bridgehead atoms. The monoisotopic (exact) mass is 191 g/mol. The zero-order chi connectivity index (χ0) is 10.2. The van der Waals surface area contributed by atoms with Crippen molar-refractivity contribution in [3.05, 3.63) is 35.4 Å². The highest BCUT2D eigenvalue weighted by molar-refractivity contribution is 5.29.